The third-order valence-electron chi connectivity index (χ3n) is 3.00. The Balaban J connectivity index is 2.29. The smallest absolute Gasteiger partial charge is 0.206 e. The highest BCUT2D eigenvalue weighted by atomic mass is 35.5. The van der Waals surface area contributed by atoms with Gasteiger partial charge >= 0.3 is 0 Å². The van der Waals surface area contributed by atoms with Crippen molar-refractivity contribution in [3.8, 4) is 0 Å². The lowest BCUT2D eigenvalue weighted by atomic mass is 9.95. The summed E-state index contributed by atoms with van der Waals surface area (Å²) in [6.07, 6.45) is 2.70. The molecule has 1 heterocycles. The van der Waals surface area contributed by atoms with Crippen LogP contribution in [0.3, 0.4) is 0 Å². The van der Waals surface area contributed by atoms with E-state index < -0.39 is 11.6 Å². The van der Waals surface area contributed by atoms with Crippen LogP contribution in [0.15, 0.2) is 46.6 Å². The number of hydrogen-bond donors (Lipinski definition) is 1. The molecule has 3 rings (SSSR count). The zero-order valence-electron chi connectivity index (χ0n) is 9.54. The Morgan fingerprint density at radius 1 is 1.05 bits per heavy atom. The first-order chi connectivity index (χ1) is 9.09. The molecule has 1 aromatic carbocycles. The van der Waals surface area contributed by atoms with E-state index in [1.807, 2.05) is 24.3 Å². The number of carbonyl (C=O) groups excluding carboxylic acids is 2. The average molecular weight is 292 g/mol. The van der Waals surface area contributed by atoms with Gasteiger partial charge in [0.2, 0.25) is 5.78 Å². The Morgan fingerprint density at radius 3 is 2.58 bits per heavy atom. The second kappa shape index (κ2) is 4.37. The lowest BCUT2D eigenvalue weighted by Crippen LogP contribution is -2.13. The molecule has 0 saturated carbocycles. The van der Waals surface area contributed by atoms with Crippen molar-refractivity contribution in [3.05, 3.63) is 52.2 Å². The summed E-state index contributed by atoms with van der Waals surface area (Å²) in [6.45, 7) is 0. The van der Waals surface area contributed by atoms with Crippen molar-refractivity contribution in [3.63, 3.8) is 0 Å². The minimum absolute atomic E-state index is 0.0980. The number of para-hydroxylation sites is 1. The summed E-state index contributed by atoms with van der Waals surface area (Å²) in [5, 5.41) is 0.608. The van der Waals surface area contributed by atoms with E-state index in [1.165, 1.54) is 0 Å². The third-order valence-corrected chi connectivity index (χ3v) is 3.65. The number of H-pyrrole nitrogens is 1. The SMILES string of the molecule is O=C1C=C(Cl)C(=O)C(c2c[nH]c3ccccc23)=C1Cl. The number of hydrogen-bond acceptors (Lipinski definition) is 2. The summed E-state index contributed by atoms with van der Waals surface area (Å²) < 4.78 is 0. The first-order valence-corrected chi connectivity index (χ1v) is 6.27. The van der Waals surface area contributed by atoms with Crippen molar-refractivity contribution in [1.82, 2.24) is 4.98 Å². The van der Waals surface area contributed by atoms with Crippen LogP contribution in [-0.4, -0.2) is 16.6 Å². The molecule has 0 fully saturated rings. The van der Waals surface area contributed by atoms with Crippen molar-refractivity contribution in [1.29, 1.82) is 0 Å². The molecule has 0 bridgehead atoms. The molecule has 0 atom stereocenters. The summed E-state index contributed by atoms with van der Waals surface area (Å²) in [4.78, 5) is 26.8. The Morgan fingerprint density at radius 2 is 1.79 bits per heavy atom. The minimum atomic E-state index is -0.452. The van der Waals surface area contributed by atoms with Crippen LogP contribution in [0.2, 0.25) is 0 Å². The van der Waals surface area contributed by atoms with E-state index in [0.717, 1.165) is 17.0 Å². The summed E-state index contributed by atoms with van der Waals surface area (Å²) in [5.74, 6) is -0.887. The lowest BCUT2D eigenvalue weighted by molar-refractivity contribution is -0.113. The maximum atomic E-state index is 12.1. The number of nitrogens with one attached hydrogen (secondary N) is 1. The highest BCUT2D eigenvalue weighted by Gasteiger charge is 2.29. The molecule has 0 unspecified atom stereocenters. The normalized spacial score (nSPS) is 16.2. The second-order valence-corrected chi connectivity index (χ2v) is 4.91. The molecule has 0 aliphatic heterocycles. The van der Waals surface area contributed by atoms with Gasteiger partial charge in [0.05, 0.1) is 15.6 Å². The standard InChI is InChI=1S/C14H7Cl2NO2/c15-9-5-11(18)13(16)12(14(9)19)8-6-17-10-4-2-1-3-7(8)10/h1-6,17H. The highest BCUT2D eigenvalue weighted by molar-refractivity contribution is 6.62. The van der Waals surface area contributed by atoms with Gasteiger partial charge in [0.15, 0.2) is 5.78 Å². The quantitative estimate of drug-likeness (QED) is 0.819. The van der Waals surface area contributed by atoms with Gasteiger partial charge in [0.25, 0.3) is 0 Å². The Kier molecular flexibility index (Phi) is 2.81. The van der Waals surface area contributed by atoms with Gasteiger partial charge in [-0.3, -0.25) is 9.59 Å². The van der Waals surface area contributed by atoms with Crippen LogP contribution in [0.25, 0.3) is 16.5 Å². The van der Waals surface area contributed by atoms with Gasteiger partial charge in [0, 0.05) is 28.7 Å². The van der Waals surface area contributed by atoms with E-state index in [4.69, 9.17) is 23.2 Å². The van der Waals surface area contributed by atoms with Gasteiger partial charge in [-0.25, -0.2) is 0 Å². The number of aromatic amines is 1. The molecule has 0 amide bonds. The molecule has 2 aromatic rings. The van der Waals surface area contributed by atoms with Gasteiger partial charge < -0.3 is 4.98 Å². The van der Waals surface area contributed by atoms with Crippen LogP contribution in [0, 0.1) is 0 Å². The average Bonchev–Trinajstić information content (AvgIpc) is 2.81. The Bertz CT molecular complexity index is 784. The zero-order chi connectivity index (χ0) is 13.6. The van der Waals surface area contributed by atoms with Gasteiger partial charge in [0.1, 0.15) is 0 Å². The molecule has 0 spiro atoms. The highest BCUT2D eigenvalue weighted by Crippen LogP contribution is 2.34. The van der Waals surface area contributed by atoms with E-state index in [-0.39, 0.29) is 15.6 Å². The zero-order valence-corrected chi connectivity index (χ0v) is 11.0. The fourth-order valence-electron chi connectivity index (χ4n) is 2.11. The monoisotopic (exact) mass is 291 g/mol. The number of aromatic nitrogens is 1. The van der Waals surface area contributed by atoms with Crippen LogP contribution < -0.4 is 0 Å². The molecule has 1 aromatic heterocycles. The van der Waals surface area contributed by atoms with Crippen molar-refractivity contribution >= 4 is 51.2 Å². The lowest BCUT2D eigenvalue weighted by Gasteiger charge is -2.11. The second-order valence-electron chi connectivity index (χ2n) is 4.12. The van der Waals surface area contributed by atoms with Gasteiger partial charge in [-0.2, -0.15) is 0 Å². The molecule has 1 aliphatic carbocycles. The summed E-state index contributed by atoms with van der Waals surface area (Å²) in [7, 11) is 0. The first kappa shape index (κ1) is 12.2. The Hall–Kier alpha value is -1.84. The van der Waals surface area contributed by atoms with E-state index >= 15 is 0 Å². The number of allylic oxidation sites excluding steroid dienone is 4. The van der Waals surface area contributed by atoms with Crippen LogP contribution in [0.5, 0.6) is 0 Å². The van der Waals surface area contributed by atoms with Crippen molar-refractivity contribution in [2.75, 3.05) is 0 Å². The number of rotatable bonds is 1. The van der Waals surface area contributed by atoms with Crippen LogP contribution in [-0.2, 0) is 9.59 Å². The molecular weight excluding hydrogens is 285 g/mol. The van der Waals surface area contributed by atoms with Crippen LogP contribution in [0.4, 0.5) is 0 Å². The summed E-state index contributed by atoms with van der Waals surface area (Å²) in [5.41, 5.74) is 1.60. The molecule has 19 heavy (non-hydrogen) atoms. The number of halogens is 2. The van der Waals surface area contributed by atoms with E-state index in [9.17, 15) is 9.59 Å². The van der Waals surface area contributed by atoms with Crippen molar-refractivity contribution in [2.45, 2.75) is 0 Å². The van der Waals surface area contributed by atoms with Crippen LogP contribution in [0.1, 0.15) is 5.56 Å². The van der Waals surface area contributed by atoms with Gasteiger partial charge in [-0.15, -0.1) is 0 Å². The third kappa shape index (κ3) is 1.82. The largest absolute Gasteiger partial charge is 0.361 e. The molecule has 3 nitrogen and oxygen atoms in total. The van der Waals surface area contributed by atoms with Gasteiger partial charge in [-0.1, -0.05) is 41.4 Å². The van der Waals surface area contributed by atoms with Crippen LogP contribution >= 0.6 is 23.2 Å². The number of carbonyl (C=O) groups is 2. The predicted molar refractivity (Wildman–Crippen MR) is 75.0 cm³/mol. The van der Waals surface area contributed by atoms with Crippen molar-refractivity contribution in [2.24, 2.45) is 0 Å². The maximum absolute atomic E-state index is 12.1. The first-order valence-electron chi connectivity index (χ1n) is 5.52. The number of Topliss-reactive ketones (excluding diaryl/α,β-unsaturated/α-hetero) is 1. The predicted octanol–water partition coefficient (Wildman–Crippen LogP) is 3.39. The number of ketones is 2. The molecule has 94 valence electrons. The van der Waals surface area contributed by atoms with E-state index in [2.05, 4.69) is 4.98 Å². The van der Waals surface area contributed by atoms with Crippen molar-refractivity contribution < 1.29 is 9.59 Å². The number of benzene rings is 1. The minimum Gasteiger partial charge on any atom is -0.361 e. The van der Waals surface area contributed by atoms with E-state index in [0.29, 0.717) is 5.56 Å². The molecule has 0 saturated heterocycles. The molecule has 1 aliphatic rings. The Labute approximate surface area is 118 Å². The fraction of sp³-hybridized carbons (Fsp3) is 0. The summed E-state index contributed by atoms with van der Waals surface area (Å²) in [6, 6.07) is 7.45. The topological polar surface area (TPSA) is 49.9 Å². The number of fused-ring (bicyclic) bond motifs is 1. The molecule has 5 heteroatoms. The molecule has 1 N–H and O–H groups in total. The van der Waals surface area contributed by atoms with E-state index in [1.54, 1.807) is 6.20 Å². The fourth-order valence-corrected chi connectivity index (χ4v) is 2.54. The molecular formula is C14H7Cl2NO2. The maximum Gasteiger partial charge on any atom is 0.206 e. The van der Waals surface area contributed by atoms with Gasteiger partial charge in [-0.05, 0) is 6.07 Å². The molecule has 0 radical (unpaired) electrons. The summed E-state index contributed by atoms with van der Waals surface area (Å²) >= 11 is 11.8.